The van der Waals surface area contributed by atoms with Gasteiger partial charge in [-0.05, 0) is 43.4 Å². The molecule has 0 radical (unpaired) electrons. The van der Waals surface area contributed by atoms with E-state index in [0.717, 1.165) is 42.2 Å². The van der Waals surface area contributed by atoms with Crippen molar-refractivity contribution in [2.75, 3.05) is 6.54 Å². The van der Waals surface area contributed by atoms with Gasteiger partial charge < -0.3 is 9.15 Å². The number of ether oxygens (including phenoxy) is 1. The van der Waals surface area contributed by atoms with Crippen molar-refractivity contribution >= 4 is 28.8 Å². The summed E-state index contributed by atoms with van der Waals surface area (Å²) < 4.78 is 10.8. The number of carbonyl (C=O) groups excluding carboxylic acids is 3. The van der Waals surface area contributed by atoms with Gasteiger partial charge in [0, 0.05) is 24.1 Å². The number of carbonyl (C=O) groups is 3. The average molecular weight is 411 g/mol. The maximum absolute atomic E-state index is 12.5. The number of hydrogen-bond donors (Lipinski definition) is 0. The molecule has 2 aromatic rings. The minimum Gasteiger partial charge on any atom is -0.426 e. The van der Waals surface area contributed by atoms with Gasteiger partial charge in [0.1, 0.15) is 11.3 Å². The quantitative estimate of drug-likeness (QED) is 0.325. The zero-order valence-electron chi connectivity index (χ0n) is 17.2. The highest BCUT2D eigenvalue weighted by Gasteiger charge is 2.47. The minimum absolute atomic E-state index is 0.0345. The molecule has 0 bridgehead atoms. The molecular weight excluding hydrogens is 386 g/mol. The maximum Gasteiger partial charge on any atom is 0.336 e. The van der Waals surface area contributed by atoms with Gasteiger partial charge in [0.15, 0.2) is 0 Å². The highest BCUT2D eigenvalue weighted by molar-refractivity contribution is 6.05. The van der Waals surface area contributed by atoms with Crippen LogP contribution in [0.25, 0.3) is 11.0 Å². The van der Waals surface area contributed by atoms with Gasteiger partial charge in [0.05, 0.1) is 18.3 Å². The molecule has 1 aromatic carbocycles. The van der Waals surface area contributed by atoms with Crippen LogP contribution in [0.15, 0.2) is 27.4 Å². The third kappa shape index (κ3) is 3.64. The van der Waals surface area contributed by atoms with E-state index in [2.05, 4.69) is 0 Å². The van der Waals surface area contributed by atoms with Crippen LogP contribution in [0.2, 0.25) is 0 Å². The molecule has 0 unspecified atom stereocenters. The van der Waals surface area contributed by atoms with Gasteiger partial charge in [-0.1, -0.05) is 19.8 Å². The predicted octanol–water partition coefficient (Wildman–Crippen LogP) is 3.13. The Labute approximate surface area is 174 Å². The lowest BCUT2D eigenvalue weighted by molar-refractivity contribution is -0.141. The van der Waals surface area contributed by atoms with Crippen molar-refractivity contribution in [3.05, 3.63) is 39.7 Å². The molecule has 1 aromatic heterocycles. The molecular formula is C23H25NO6. The van der Waals surface area contributed by atoms with Crippen LogP contribution in [0.4, 0.5) is 0 Å². The summed E-state index contributed by atoms with van der Waals surface area (Å²) in [5, 5.41) is 0.794. The molecule has 2 atom stereocenters. The van der Waals surface area contributed by atoms with E-state index in [-0.39, 0.29) is 36.6 Å². The van der Waals surface area contributed by atoms with Crippen LogP contribution in [-0.4, -0.2) is 29.2 Å². The third-order valence-electron chi connectivity index (χ3n) is 6.21. The van der Waals surface area contributed by atoms with E-state index in [4.69, 9.17) is 9.15 Å². The van der Waals surface area contributed by atoms with E-state index in [1.165, 1.54) is 11.0 Å². The molecule has 158 valence electrons. The summed E-state index contributed by atoms with van der Waals surface area (Å²) in [5.41, 5.74) is 1.50. The van der Waals surface area contributed by atoms with Crippen LogP contribution in [0.5, 0.6) is 5.75 Å². The smallest absolute Gasteiger partial charge is 0.336 e. The average Bonchev–Trinajstić information content (AvgIpc) is 2.96. The van der Waals surface area contributed by atoms with Crippen LogP contribution >= 0.6 is 0 Å². The fourth-order valence-corrected chi connectivity index (χ4v) is 4.59. The van der Waals surface area contributed by atoms with Crippen molar-refractivity contribution in [2.45, 2.75) is 52.4 Å². The molecule has 1 aliphatic carbocycles. The van der Waals surface area contributed by atoms with Crippen LogP contribution < -0.4 is 10.4 Å². The number of likely N-dealkylation sites (tertiary alicyclic amines) is 1. The number of amides is 2. The number of esters is 1. The number of imide groups is 1. The van der Waals surface area contributed by atoms with Gasteiger partial charge in [0.2, 0.25) is 11.8 Å². The summed E-state index contributed by atoms with van der Waals surface area (Å²) >= 11 is 0. The molecule has 7 heteroatoms. The summed E-state index contributed by atoms with van der Waals surface area (Å²) in [7, 11) is 0. The number of benzene rings is 1. The van der Waals surface area contributed by atoms with E-state index in [1.54, 1.807) is 6.07 Å². The van der Waals surface area contributed by atoms with Gasteiger partial charge >= 0.3 is 11.6 Å². The van der Waals surface area contributed by atoms with E-state index in [1.807, 2.05) is 19.9 Å². The number of fused-ring (bicyclic) bond motifs is 2. The van der Waals surface area contributed by atoms with Crippen molar-refractivity contribution in [3.8, 4) is 5.75 Å². The molecule has 7 nitrogen and oxygen atoms in total. The van der Waals surface area contributed by atoms with Gasteiger partial charge in [-0.3, -0.25) is 19.3 Å². The largest absolute Gasteiger partial charge is 0.426 e. The SMILES string of the molecule is CCc1cc2c(C)cc(=O)oc2cc1OC(=O)CCN1C(=O)[C@H]2CCCC[C@H]2C1=O. The Hall–Kier alpha value is -2.96. The van der Waals surface area contributed by atoms with Gasteiger partial charge in [0.25, 0.3) is 0 Å². The zero-order valence-corrected chi connectivity index (χ0v) is 17.2. The van der Waals surface area contributed by atoms with Crippen molar-refractivity contribution in [3.63, 3.8) is 0 Å². The lowest BCUT2D eigenvalue weighted by Crippen LogP contribution is -2.33. The van der Waals surface area contributed by atoms with Crippen molar-refractivity contribution < 1.29 is 23.5 Å². The molecule has 0 spiro atoms. The number of nitrogens with zero attached hydrogens (tertiary/aromatic N) is 1. The van der Waals surface area contributed by atoms with E-state index < -0.39 is 11.6 Å². The van der Waals surface area contributed by atoms with Crippen LogP contribution in [0.3, 0.4) is 0 Å². The summed E-state index contributed by atoms with van der Waals surface area (Å²) in [6.07, 6.45) is 3.98. The molecule has 1 saturated carbocycles. The van der Waals surface area contributed by atoms with Crippen molar-refractivity contribution in [1.29, 1.82) is 0 Å². The first kappa shape index (κ1) is 20.3. The Bertz CT molecular complexity index is 1060. The second-order valence-corrected chi connectivity index (χ2v) is 8.11. The first-order chi connectivity index (χ1) is 14.4. The predicted molar refractivity (Wildman–Crippen MR) is 109 cm³/mol. The fourth-order valence-electron chi connectivity index (χ4n) is 4.59. The Balaban J connectivity index is 1.47. The second-order valence-electron chi connectivity index (χ2n) is 8.11. The topological polar surface area (TPSA) is 93.9 Å². The minimum atomic E-state index is -0.533. The van der Waals surface area contributed by atoms with Crippen molar-refractivity contribution in [2.24, 2.45) is 11.8 Å². The summed E-state index contributed by atoms with van der Waals surface area (Å²) in [6.45, 7) is 3.80. The maximum atomic E-state index is 12.5. The molecule has 1 saturated heterocycles. The molecule has 4 rings (SSSR count). The Kier molecular flexibility index (Phi) is 5.45. The van der Waals surface area contributed by atoms with Gasteiger partial charge in [-0.25, -0.2) is 4.79 Å². The van der Waals surface area contributed by atoms with Crippen LogP contribution in [-0.2, 0) is 20.8 Å². The zero-order chi connectivity index (χ0) is 21.4. The van der Waals surface area contributed by atoms with E-state index in [0.29, 0.717) is 17.8 Å². The van der Waals surface area contributed by atoms with Gasteiger partial charge in [-0.2, -0.15) is 0 Å². The molecule has 2 heterocycles. The normalized spacial score (nSPS) is 21.2. The van der Waals surface area contributed by atoms with Gasteiger partial charge in [-0.15, -0.1) is 0 Å². The summed E-state index contributed by atoms with van der Waals surface area (Å²) in [4.78, 5) is 50.5. The number of rotatable bonds is 5. The fraction of sp³-hybridized carbons (Fsp3) is 0.478. The Morgan fingerprint density at radius 3 is 2.40 bits per heavy atom. The first-order valence-electron chi connectivity index (χ1n) is 10.5. The standard InChI is InChI=1S/C23H25NO6/c1-3-14-11-17-13(2)10-21(26)30-19(17)12-18(14)29-20(25)8-9-24-22(27)15-6-4-5-7-16(15)23(24)28/h10-12,15-16H,3-9H2,1-2H3/t15-,16+. The highest BCUT2D eigenvalue weighted by Crippen LogP contribution is 2.38. The molecule has 0 N–H and O–H groups in total. The highest BCUT2D eigenvalue weighted by atomic mass is 16.5. The molecule has 2 aliphatic rings. The van der Waals surface area contributed by atoms with Crippen molar-refractivity contribution in [1.82, 2.24) is 4.90 Å². The molecule has 2 amide bonds. The summed E-state index contributed by atoms with van der Waals surface area (Å²) in [6, 6.07) is 4.84. The van der Waals surface area contributed by atoms with E-state index >= 15 is 0 Å². The van der Waals surface area contributed by atoms with Crippen LogP contribution in [0.1, 0.15) is 50.2 Å². The lowest BCUT2D eigenvalue weighted by Gasteiger charge is -2.19. The Morgan fingerprint density at radius 1 is 1.10 bits per heavy atom. The number of hydrogen-bond acceptors (Lipinski definition) is 6. The number of aryl methyl sites for hydroxylation is 2. The van der Waals surface area contributed by atoms with E-state index in [9.17, 15) is 19.2 Å². The monoisotopic (exact) mass is 411 g/mol. The second kappa shape index (κ2) is 8.05. The third-order valence-corrected chi connectivity index (χ3v) is 6.21. The molecule has 2 fully saturated rings. The Morgan fingerprint density at radius 2 is 1.77 bits per heavy atom. The lowest BCUT2D eigenvalue weighted by atomic mass is 9.81. The van der Waals surface area contributed by atoms with Crippen LogP contribution in [0, 0.1) is 18.8 Å². The first-order valence-corrected chi connectivity index (χ1v) is 10.5. The molecule has 30 heavy (non-hydrogen) atoms. The summed E-state index contributed by atoms with van der Waals surface area (Å²) in [5.74, 6) is -0.961. The molecule has 1 aliphatic heterocycles.